The van der Waals surface area contributed by atoms with Crippen molar-refractivity contribution >= 4 is 21.6 Å². The number of carbonyl (C=O) groups is 1. The Kier molecular flexibility index (Phi) is 5.41. The molecule has 0 spiro atoms. The number of aromatic nitrogens is 2. The minimum absolute atomic E-state index is 0.0384. The second kappa shape index (κ2) is 7.75. The first-order valence-corrected chi connectivity index (χ1v) is 11.4. The molecular weight excluding hydrogens is 408 g/mol. The van der Waals surface area contributed by atoms with Crippen molar-refractivity contribution in [1.29, 1.82) is 0 Å². The molecule has 0 N–H and O–H groups in total. The Labute approximate surface area is 176 Å². The molecule has 1 aromatic heterocycles. The Bertz CT molecular complexity index is 1070. The van der Waals surface area contributed by atoms with Crippen molar-refractivity contribution in [1.82, 2.24) is 14.4 Å². The largest absolute Gasteiger partial charge is 0.385 e. The van der Waals surface area contributed by atoms with Crippen LogP contribution < -0.4 is 4.90 Å². The molecule has 10 heteroatoms. The summed E-state index contributed by atoms with van der Waals surface area (Å²) in [5.41, 5.74) is 0.931. The van der Waals surface area contributed by atoms with E-state index >= 15 is 0 Å². The van der Waals surface area contributed by atoms with E-state index in [9.17, 15) is 13.2 Å². The van der Waals surface area contributed by atoms with Crippen molar-refractivity contribution in [3.63, 3.8) is 0 Å². The van der Waals surface area contributed by atoms with Crippen LogP contribution in [0.15, 0.2) is 27.6 Å². The van der Waals surface area contributed by atoms with E-state index in [4.69, 9.17) is 9.26 Å². The van der Waals surface area contributed by atoms with Gasteiger partial charge in [-0.15, -0.1) is 0 Å². The van der Waals surface area contributed by atoms with Crippen molar-refractivity contribution in [3.05, 3.63) is 35.5 Å². The standard InChI is InChI=1S/C20H26N4O5S/c1-14-21-19(22-29-14)20(8-10-28-3)7-4-9-24(13-20)30(26,27)16-5-6-17-15(11-16)12-18(25)23(17)2/h5-6,11H,4,7-10,12-13H2,1-3H3. The number of amides is 1. The molecule has 0 saturated carbocycles. The third-order valence-corrected chi connectivity index (χ3v) is 7.94. The zero-order valence-electron chi connectivity index (χ0n) is 17.4. The molecular formula is C20H26N4O5S. The molecule has 2 aromatic rings. The second-order valence-electron chi connectivity index (χ2n) is 8.02. The summed E-state index contributed by atoms with van der Waals surface area (Å²) in [6, 6.07) is 4.90. The zero-order chi connectivity index (χ0) is 21.5. The number of sulfonamides is 1. The molecule has 2 aliphatic rings. The van der Waals surface area contributed by atoms with Gasteiger partial charge in [-0.1, -0.05) is 5.16 Å². The molecule has 9 nitrogen and oxygen atoms in total. The molecule has 1 unspecified atom stereocenters. The summed E-state index contributed by atoms with van der Waals surface area (Å²) >= 11 is 0. The van der Waals surface area contributed by atoms with Gasteiger partial charge in [0.2, 0.25) is 21.8 Å². The first kappa shape index (κ1) is 21.0. The molecule has 1 amide bonds. The van der Waals surface area contributed by atoms with Crippen molar-refractivity contribution in [3.8, 4) is 0 Å². The average Bonchev–Trinajstić information content (AvgIpc) is 3.30. The molecule has 1 atom stereocenters. The fourth-order valence-corrected chi connectivity index (χ4v) is 5.98. The molecule has 1 saturated heterocycles. The maximum Gasteiger partial charge on any atom is 0.243 e. The number of methoxy groups -OCH3 is 1. The van der Waals surface area contributed by atoms with E-state index in [1.54, 1.807) is 44.2 Å². The molecule has 4 rings (SSSR count). The fraction of sp³-hybridized carbons (Fsp3) is 0.550. The SMILES string of the molecule is COCCC1(c2noc(C)n2)CCCN(S(=O)(=O)c2ccc3c(c2)CC(=O)N3C)C1. The van der Waals surface area contributed by atoms with Crippen molar-refractivity contribution in [2.75, 3.05) is 38.8 Å². The van der Waals surface area contributed by atoms with E-state index in [0.717, 1.165) is 17.7 Å². The molecule has 30 heavy (non-hydrogen) atoms. The highest BCUT2D eigenvalue weighted by molar-refractivity contribution is 7.89. The second-order valence-corrected chi connectivity index (χ2v) is 9.96. The summed E-state index contributed by atoms with van der Waals surface area (Å²) in [5.74, 6) is 0.941. The van der Waals surface area contributed by atoms with Crippen LogP contribution in [0, 0.1) is 6.92 Å². The van der Waals surface area contributed by atoms with Crippen LogP contribution in [0.1, 0.15) is 36.5 Å². The first-order chi connectivity index (χ1) is 14.3. The van der Waals surface area contributed by atoms with E-state index in [0.29, 0.717) is 37.7 Å². The summed E-state index contributed by atoms with van der Waals surface area (Å²) in [4.78, 5) is 18.1. The van der Waals surface area contributed by atoms with Gasteiger partial charge in [0.25, 0.3) is 0 Å². The first-order valence-electron chi connectivity index (χ1n) is 9.96. The summed E-state index contributed by atoms with van der Waals surface area (Å²) in [6.45, 7) is 2.87. The quantitative estimate of drug-likeness (QED) is 0.681. The minimum atomic E-state index is -3.74. The van der Waals surface area contributed by atoms with Crippen molar-refractivity contribution in [2.24, 2.45) is 0 Å². The summed E-state index contributed by atoms with van der Waals surface area (Å²) < 4.78 is 38.9. The van der Waals surface area contributed by atoms with Gasteiger partial charge in [-0.3, -0.25) is 4.79 Å². The van der Waals surface area contributed by atoms with Crippen molar-refractivity contribution in [2.45, 2.75) is 42.9 Å². The smallest absolute Gasteiger partial charge is 0.243 e. The average molecular weight is 435 g/mol. The van der Waals surface area contributed by atoms with Crippen LogP contribution in [-0.2, 0) is 31.4 Å². The van der Waals surface area contributed by atoms with Crippen molar-refractivity contribution < 1.29 is 22.5 Å². The number of likely N-dealkylation sites (N-methyl/N-ethyl adjacent to an activating group) is 1. The lowest BCUT2D eigenvalue weighted by molar-refractivity contribution is -0.117. The van der Waals surface area contributed by atoms with Gasteiger partial charge < -0.3 is 14.2 Å². The molecule has 1 aromatic carbocycles. The number of fused-ring (bicyclic) bond motifs is 1. The van der Waals surface area contributed by atoms with Crippen LogP contribution in [-0.4, -0.2) is 62.6 Å². The van der Waals surface area contributed by atoms with E-state index in [1.807, 2.05) is 0 Å². The van der Waals surface area contributed by atoms with Gasteiger partial charge in [-0.25, -0.2) is 8.42 Å². The van der Waals surface area contributed by atoms with Gasteiger partial charge in [-0.05, 0) is 43.0 Å². The predicted octanol–water partition coefficient (Wildman–Crippen LogP) is 1.66. The van der Waals surface area contributed by atoms with Gasteiger partial charge in [0.05, 0.1) is 11.3 Å². The predicted molar refractivity (Wildman–Crippen MR) is 109 cm³/mol. The summed E-state index contributed by atoms with van der Waals surface area (Å²) in [6.07, 6.45) is 2.25. The van der Waals surface area contributed by atoms with Crippen LogP contribution >= 0.6 is 0 Å². The number of ether oxygens (including phenoxy) is 1. The van der Waals surface area contributed by atoms with Crippen LogP contribution in [0.4, 0.5) is 5.69 Å². The Balaban J connectivity index is 1.66. The lowest BCUT2D eigenvalue weighted by atomic mass is 9.77. The van der Waals surface area contributed by atoms with Gasteiger partial charge >= 0.3 is 0 Å². The van der Waals surface area contributed by atoms with Gasteiger partial charge in [0.15, 0.2) is 5.82 Å². The van der Waals surface area contributed by atoms with Crippen LogP contribution in [0.25, 0.3) is 0 Å². The molecule has 2 aliphatic heterocycles. The Morgan fingerprint density at radius 2 is 2.13 bits per heavy atom. The molecule has 0 aliphatic carbocycles. The van der Waals surface area contributed by atoms with Crippen LogP contribution in [0.2, 0.25) is 0 Å². The summed E-state index contributed by atoms with van der Waals surface area (Å²) in [5, 5.41) is 4.11. The van der Waals surface area contributed by atoms with Crippen LogP contribution in [0.5, 0.6) is 0 Å². The number of anilines is 1. The number of rotatable bonds is 6. The third kappa shape index (κ3) is 3.52. The van der Waals surface area contributed by atoms with Gasteiger partial charge in [0, 0.05) is 51.9 Å². The topological polar surface area (TPSA) is 106 Å². The lowest BCUT2D eigenvalue weighted by Gasteiger charge is -2.40. The normalized spacial score (nSPS) is 22.5. The van der Waals surface area contributed by atoms with Gasteiger partial charge in [0.1, 0.15) is 0 Å². The molecule has 3 heterocycles. The monoisotopic (exact) mass is 434 g/mol. The number of nitrogens with zero attached hydrogens (tertiary/aromatic N) is 4. The zero-order valence-corrected chi connectivity index (χ0v) is 18.2. The summed E-state index contributed by atoms with van der Waals surface area (Å²) in [7, 11) is -0.420. The maximum absolute atomic E-state index is 13.5. The highest BCUT2D eigenvalue weighted by Crippen LogP contribution is 2.38. The Morgan fingerprint density at radius 3 is 2.83 bits per heavy atom. The third-order valence-electron chi connectivity index (χ3n) is 6.09. The lowest BCUT2D eigenvalue weighted by Crippen LogP contribution is -2.49. The number of benzene rings is 1. The fourth-order valence-electron chi connectivity index (χ4n) is 4.36. The number of carbonyl (C=O) groups excluding carboxylic acids is 1. The number of aryl methyl sites for hydroxylation is 1. The number of hydrogen-bond donors (Lipinski definition) is 0. The van der Waals surface area contributed by atoms with E-state index in [-0.39, 0.29) is 23.8 Å². The molecule has 162 valence electrons. The number of piperidine rings is 1. The Morgan fingerprint density at radius 1 is 1.33 bits per heavy atom. The number of hydrogen-bond acceptors (Lipinski definition) is 7. The van der Waals surface area contributed by atoms with E-state index in [1.165, 1.54) is 4.31 Å². The highest BCUT2D eigenvalue weighted by atomic mass is 32.2. The minimum Gasteiger partial charge on any atom is -0.385 e. The van der Waals surface area contributed by atoms with E-state index in [2.05, 4.69) is 10.1 Å². The molecule has 0 radical (unpaired) electrons. The Hall–Kier alpha value is -2.30. The van der Waals surface area contributed by atoms with Gasteiger partial charge in [-0.2, -0.15) is 9.29 Å². The van der Waals surface area contributed by atoms with E-state index < -0.39 is 15.4 Å². The molecule has 1 fully saturated rings. The molecule has 0 bridgehead atoms. The highest BCUT2D eigenvalue weighted by Gasteiger charge is 2.44. The maximum atomic E-state index is 13.5. The van der Waals surface area contributed by atoms with Crippen LogP contribution in [0.3, 0.4) is 0 Å².